The maximum absolute atomic E-state index is 12.3. The minimum atomic E-state index is -0.121. The number of carbonyl (C=O) groups excluding carboxylic acids is 1. The van der Waals surface area contributed by atoms with Crippen molar-refractivity contribution in [3.8, 4) is 0 Å². The maximum atomic E-state index is 12.3. The molecule has 0 atom stereocenters. The molecule has 3 rings (SSSR count). The number of nitrogens with one attached hydrogen (secondary N) is 2. The van der Waals surface area contributed by atoms with E-state index in [4.69, 9.17) is 11.6 Å². The van der Waals surface area contributed by atoms with Gasteiger partial charge in [-0.05, 0) is 55.8 Å². The second kappa shape index (κ2) is 5.85. The predicted molar refractivity (Wildman–Crippen MR) is 87.1 cm³/mol. The molecule has 0 saturated heterocycles. The Morgan fingerprint density at radius 1 is 1.41 bits per heavy atom. The minimum absolute atomic E-state index is 0.121. The Morgan fingerprint density at radius 3 is 3.00 bits per heavy atom. The second-order valence-corrected chi connectivity index (χ2v) is 5.80. The first-order valence-corrected chi connectivity index (χ1v) is 7.51. The van der Waals surface area contributed by atoms with Crippen LogP contribution in [0.1, 0.15) is 35.9 Å². The molecule has 22 heavy (non-hydrogen) atoms. The molecule has 6 heteroatoms. The molecule has 2 heterocycles. The fourth-order valence-corrected chi connectivity index (χ4v) is 2.67. The summed E-state index contributed by atoms with van der Waals surface area (Å²) in [4.78, 5) is 19.3. The van der Waals surface area contributed by atoms with Gasteiger partial charge in [0.15, 0.2) is 0 Å². The van der Waals surface area contributed by atoms with E-state index in [9.17, 15) is 4.79 Å². The number of imidazole rings is 1. The van der Waals surface area contributed by atoms with Crippen molar-refractivity contribution in [3.63, 3.8) is 0 Å². The number of carbonyl (C=O) groups is 1. The number of halogens is 1. The van der Waals surface area contributed by atoms with E-state index >= 15 is 0 Å². The Bertz CT molecular complexity index is 819. The van der Waals surface area contributed by atoms with Gasteiger partial charge in [-0.1, -0.05) is 0 Å². The normalized spacial score (nSPS) is 11.3. The van der Waals surface area contributed by atoms with Crippen LogP contribution in [0.4, 0.5) is 0 Å². The van der Waals surface area contributed by atoms with Crippen LogP contribution >= 0.6 is 11.6 Å². The summed E-state index contributed by atoms with van der Waals surface area (Å²) in [7, 11) is 0. The van der Waals surface area contributed by atoms with Gasteiger partial charge in [-0.15, -0.1) is 0 Å². The van der Waals surface area contributed by atoms with Crippen LogP contribution in [0.15, 0.2) is 36.5 Å². The van der Waals surface area contributed by atoms with Crippen molar-refractivity contribution in [2.75, 3.05) is 0 Å². The third kappa shape index (κ3) is 2.85. The van der Waals surface area contributed by atoms with Crippen molar-refractivity contribution < 1.29 is 4.79 Å². The largest absolute Gasteiger partial charge is 0.347 e. The van der Waals surface area contributed by atoms with Crippen molar-refractivity contribution in [1.29, 1.82) is 0 Å². The number of aromatic nitrogens is 3. The zero-order chi connectivity index (χ0) is 15.7. The van der Waals surface area contributed by atoms with E-state index in [-0.39, 0.29) is 5.91 Å². The van der Waals surface area contributed by atoms with Gasteiger partial charge in [0.1, 0.15) is 0 Å². The molecule has 0 spiro atoms. The van der Waals surface area contributed by atoms with Crippen LogP contribution in [-0.2, 0) is 6.54 Å². The highest BCUT2D eigenvalue weighted by Crippen LogP contribution is 2.16. The van der Waals surface area contributed by atoms with E-state index in [1.165, 1.54) is 0 Å². The SMILES string of the molecule is CC(C)n1cccc1CNC(=O)c1ccc2nc(Cl)[nH]c2c1. The highest BCUT2D eigenvalue weighted by molar-refractivity contribution is 6.29. The number of aromatic amines is 1. The number of hydrogen-bond acceptors (Lipinski definition) is 2. The van der Waals surface area contributed by atoms with Gasteiger partial charge in [-0.25, -0.2) is 4.98 Å². The first-order valence-electron chi connectivity index (χ1n) is 7.14. The summed E-state index contributed by atoms with van der Waals surface area (Å²) in [6.07, 6.45) is 2.02. The second-order valence-electron chi connectivity index (χ2n) is 5.44. The standard InChI is InChI=1S/C16H17ClN4O/c1-10(2)21-7-3-4-12(21)9-18-15(22)11-5-6-13-14(8-11)20-16(17)19-13/h3-8,10H,9H2,1-2H3,(H,18,22)(H,19,20). The number of fused-ring (bicyclic) bond motifs is 1. The number of nitrogens with zero attached hydrogens (tertiary/aromatic N) is 2. The molecule has 0 unspecified atom stereocenters. The molecule has 0 radical (unpaired) electrons. The average molecular weight is 317 g/mol. The van der Waals surface area contributed by atoms with Gasteiger partial charge in [0, 0.05) is 23.5 Å². The van der Waals surface area contributed by atoms with Crippen LogP contribution in [0.2, 0.25) is 5.28 Å². The van der Waals surface area contributed by atoms with Crippen molar-refractivity contribution in [3.05, 3.63) is 53.1 Å². The first kappa shape index (κ1) is 14.7. The van der Waals surface area contributed by atoms with Gasteiger partial charge in [0.25, 0.3) is 5.91 Å². The lowest BCUT2D eigenvalue weighted by molar-refractivity contribution is 0.0950. The summed E-state index contributed by atoms with van der Waals surface area (Å²) in [6.45, 7) is 4.72. The smallest absolute Gasteiger partial charge is 0.251 e. The van der Waals surface area contributed by atoms with Crippen LogP contribution in [-0.4, -0.2) is 20.4 Å². The van der Waals surface area contributed by atoms with Gasteiger partial charge in [0.05, 0.1) is 17.6 Å². The van der Waals surface area contributed by atoms with Gasteiger partial charge >= 0.3 is 0 Å². The third-order valence-corrected chi connectivity index (χ3v) is 3.75. The zero-order valence-electron chi connectivity index (χ0n) is 12.4. The zero-order valence-corrected chi connectivity index (χ0v) is 13.2. The maximum Gasteiger partial charge on any atom is 0.251 e. The van der Waals surface area contributed by atoms with Crippen molar-refractivity contribution in [1.82, 2.24) is 19.9 Å². The monoisotopic (exact) mass is 316 g/mol. The molecular weight excluding hydrogens is 300 g/mol. The molecule has 0 fully saturated rings. The molecule has 0 aliphatic rings. The Morgan fingerprint density at radius 2 is 2.23 bits per heavy atom. The van der Waals surface area contributed by atoms with E-state index in [0.29, 0.717) is 23.4 Å². The lowest BCUT2D eigenvalue weighted by Gasteiger charge is -2.13. The fourth-order valence-electron chi connectivity index (χ4n) is 2.48. The van der Waals surface area contributed by atoms with Crippen LogP contribution in [0.25, 0.3) is 11.0 Å². The Balaban J connectivity index is 1.74. The van der Waals surface area contributed by atoms with Crippen molar-refractivity contribution in [2.24, 2.45) is 0 Å². The van der Waals surface area contributed by atoms with Gasteiger partial charge < -0.3 is 14.9 Å². The van der Waals surface area contributed by atoms with E-state index in [1.807, 2.05) is 18.3 Å². The summed E-state index contributed by atoms with van der Waals surface area (Å²) in [5.74, 6) is -0.121. The summed E-state index contributed by atoms with van der Waals surface area (Å²) in [5.41, 5.74) is 3.16. The van der Waals surface area contributed by atoms with Gasteiger partial charge in [0.2, 0.25) is 5.28 Å². The lowest BCUT2D eigenvalue weighted by Crippen LogP contribution is -2.24. The summed E-state index contributed by atoms with van der Waals surface area (Å²) in [6, 6.07) is 9.65. The molecule has 2 aromatic heterocycles. The van der Waals surface area contributed by atoms with Crippen LogP contribution in [0.5, 0.6) is 0 Å². The van der Waals surface area contributed by atoms with Crippen LogP contribution in [0.3, 0.4) is 0 Å². The average Bonchev–Trinajstić information content (AvgIpc) is 3.08. The van der Waals surface area contributed by atoms with Crippen LogP contribution < -0.4 is 5.32 Å². The van der Waals surface area contributed by atoms with Crippen LogP contribution in [0, 0.1) is 0 Å². The van der Waals surface area contributed by atoms with E-state index in [1.54, 1.807) is 18.2 Å². The summed E-state index contributed by atoms with van der Waals surface area (Å²) < 4.78 is 2.14. The Hall–Kier alpha value is -2.27. The molecule has 2 N–H and O–H groups in total. The Labute approximate surface area is 133 Å². The quantitative estimate of drug-likeness (QED) is 0.773. The Kier molecular flexibility index (Phi) is 3.90. The third-order valence-electron chi connectivity index (χ3n) is 3.57. The highest BCUT2D eigenvalue weighted by Gasteiger charge is 2.10. The van der Waals surface area contributed by atoms with E-state index in [0.717, 1.165) is 16.7 Å². The molecule has 0 aliphatic carbocycles. The number of amides is 1. The van der Waals surface area contributed by atoms with Crippen molar-refractivity contribution in [2.45, 2.75) is 26.4 Å². The number of benzene rings is 1. The minimum Gasteiger partial charge on any atom is -0.347 e. The number of hydrogen-bond donors (Lipinski definition) is 2. The molecule has 0 aliphatic heterocycles. The summed E-state index contributed by atoms with van der Waals surface area (Å²) >= 11 is 5.82. The highest BCUT2D eigenvalue weighted by atomic mass is 35.5. The molecule has 0 saturated carbocycles. The lowest BCUT2D eigenvalue weighted by atomic mass is 10.2. The molecule has 5 nitrogen and oxygen atoms in total. The van der Waals surface area contributed by atoms with Gasteiger partial charge in [-0.3, -0.25) is 4.79 Å². The molecule has 0 bridgehead atoms. The first-order chi connectivity index (χ1) is 10.5. The molecule has 1 amide bonds. The molecule has 3 aromatic rings. The number of H-pyrrole nitrogens is 1. The topological polar surface area (TPSA) is 62.7 Å². The predicted octanol–water partition coefficient (Wildman–Crippen LogP) is 3.53. The fraction of sp³-hybridized carbons (Fsp3) is 0.250. The number of rotatable bonds is 4. The molecular formula is C16H17ClN4O. The van der Waals surface area contributed by atoms with E-state index < -0.39 is 0 Å². The summed E-state index contributed by atoms with van der Waals surface area (Å²) in [5, 5.41) is 3.26. The van der Waals surface area contributed by atoms with Crippen molar-refractivity contribution >= 4 is 28.5 Å². The molecule has 114 valence electrons. The van der Waals surface area contributed by atoms with Gasteiger partial charge in [-0.2, -0.15) is 0 Å². The van der Waals surface area contributed by atoms with E-state index in [2.05, 4.69) is 33.7 Å². The molecule has 1 aromatic carbocycles.